The fraction of sp³-hybridized carbons (Fsp3) is 0.261. The highest BCUT2D eigenvalue weighted by Gasteiger charge is 2.18. The fourth-order valence-corrected chi connectivity index (χ4v) is 3.78. The van der Waals surface area contributed by atoms with Crippen molar-refractivity contribution in [2.24, 2.45) is 0 Å². The van der Waals surface area contributed by atoms with Crippen LogP contribution < -0.4 is 15.4 Å². The van der Waals surface area contributed by atoms with E-state index in [0.717, 1.165) is 32.0 Å². The highest BCUT2D eigenvalue weighted by Crippen LogP contribution is 2.29. The molecule has 0 spiro atoms. The van der Waals surface area contributed by atoms with Crippen molar-refractivity contribution in [3.05, 3.63) is 69.5 Å². The standard InChI is InChI=1S/C21H19Cl2FN6O.C2H3N/c22-15-9-27-10-16(23)14(15)11-31-19-5-13(18(25)6-17(19)24)20(26)12-7-28-21(29-8-12)30-3-1-2-4-30;1-2-3/h5-10,26H,1-4,11,25H2;1H3. The van der Waals surface area contributed by atoms with Crippen LogP contribution in [-0.2, 0) is 6.61 Å². The maximum absolute atomic E-state index is 14.4. The summed E-state index contributed by atoms with van der Waals surface area (Å²) in [7, 11) is 0. The summed E-state index contributed by atoms with van der Waals surface area (Å²) < 4.78 is 20.0. The van der Waals surface area contributed by atoms with Crippen LogP contribution in [0.3, 0.4) is 0 Å². The second kappa shape index (κ2) is 11.6. The quantitative estimate of drug-likeness (QED) is 0.358. The average Bonchev–Trinajstić information content (AvgIpc) is 3.35. The number of halogens is 3. The van der Waals surface area contributed by atoms with Crippen LogP contribution in [-0.4, -0.2) is 33.8 Å². The predicted molar refractivity (Wildman–Crippen MR) is 130 cm³/mol. The Hall–Kier alpha value is -3.48. The van der Waals surface area contributed by atoms with Crippen LogP contribution in [0, 0.1) is 22.6 Å². The van der Waals surface area contributed by atoms with Crippen LogP contribution in [0.2, 0.25) is 10.0 Å². The zero-order chi connectivity index (χ0) is 24.7. The van der Waals surface area contributed by atoms with Crippen molar-refractivity contribution in [2.75, 3.05) is 23.7 Å². The molecule has 0 bridgehead atoms. The maximum atomic E-state index is 14.4. The van der Waals surface area contributed by atoms with Crippen LogP contribution in [0.15, 0.2) is 36.9 Å². The van der Waals surface area contributed by atoms with Gasteiger partial charge in [-0.3, -0.25) is 10.4 Å². The molecule has 8 nitrogen and oxygen atoms in total. The smallest absolute Gasteiger partial charge is 0.225 e. The number of rotatable bonds is 6. The number of anilines is 2. The molecule has 11 heteroatoms. The van der Waals surface area contributed by atoms with Crippen molar-refractivity contribution in [3.63, 3.8) is 0 Å². The van der Waals surface area contributed by atoms with Crippen LogP contribution in [0.4, 0.5) is 16.0 Å². The largest absolute Gasteiger partial charge is 0.486 e. The molecule has 0 radical (unpaired) electrons. The summed E-state index contributed by atoms with van der Waals surface area (Å²) in [6.07, 6.45) is 8.24. The van der Waals surface area contributed by atoms with E-state index in [4.69, 9.17) is 44.3 Å². The first-order valence-electron chi connectivity index (χ1n) is 10.3. The number of nitriles is 1. The van der Waals surface area contributed by atoms with E-state index in [1.165, 1.54) is 25.4 Å². The summed E-state index contributed by atoms with van der Waals surface area (Å²) in [5, 5.41) is 16.5. The molecule has 0 atom stereocenters. The van der Waals surface area contributed by atoms with Crippen molar-refractivity contribution in [1.82, 2.24) is 15.0 Å². The van der Waals surface area contributed by atoms with Crippen molar-refractivity contribution in [1.29, 1.82) is 10.7 Å². The van der Waals surface area contributed by atoms with Gasteiger partial charge in [0.05, 0.1) is 21.8 Å². The van der Waals surface area contributed by atoms with Crippen LogP contribution >= 0.6 is 23.2 Å². The number of aromatic nitrogens is 3. The lowest BCUT2D eigenvalue weighted by Gasteiger charge is -2.16. The summed E-state index contributed by atoms with van der Waals surface area (Å²) in [5.74, 6) is -0.0975. The Morgan fingerprint density at radius 1 is 1.18 bits per heavy atom. The highest BCUT2D eigenvalue weighted by molar-refractivity contribution is 6.35. The van der Waals surface area contributed by atoms with Gasteiger partial charge in [-0.25, -0.2) is 14.4 Å². The van der Waals surface area contributed by atoms with E-state index in [1.807, 2.05) is 0 Å². The summed E-state index contributed by atoms with van der Waals surface area (Å²) >= 11 is 12.2. The molecule has 3 heterocycles. The molecule has 0 amide bonds. The molecule has 1 aliphatic rings. The number of benzene rings is 1. The third-order valence-electron chi connectivity index (χ3n) is 5.01. The van der Waals surface area contributed by atoms with Gasteiger partial charge in [-0.1, -0.05) is 23.2 Å². The minimum atomic E-state index is -0.656. The van der Waals surface area contributed by atoms with Crippen molar-refractivity contribution < 1.29 is 9.13 Å². The first-order chi connectivity index (χ1) is 16.3. The number of hydrogen-bond donors (Lipinski definition) is 2. The molecule has 1 saturated heterocycles. The minimum absolute atomic E-state index is 0.0651. The van der Waals surface area contributed by atoms with Crippen LogP contribution in [0.1, 0.15) is 36.5 Å². The van der Waals surface area contributed by atoms with Gasteiger partial charge in [0.1, 0.15) is 6.61 Å². The van der Waals surface area contributed by atoms with Gasteiger partial charge in [-0.15, -0.1) is 0 Å². The average molecular weight is 502 g/mol. The Morgan fingerprint density at radius 3 is 2.35 bits per heavy atom. The molecule has 0 aliphatic carbocycles. The van der Waals surface area contributed by atoms with Gasteiger partial charge in [0.15, 0.2) is 11.6 Å². The molecule has 3 N–H and O–H groups in total. The third-order valence-corrected chi connectivity index (χ3v) is 5.66. The minimum Gasteiger partial charge on any atom is -0.486 e. The van der Waals surface area contributed by atoms with E-state index in [1.54, 1.807) is 18.5 Å². The molecule has 3 aromatic rings. The summed E-state index contributed by atoms with van der Waals surface area (Å²) in [6, 6.07) is 4.25. The molecule has 34 heavy (non-hydrogen) atoms. The zero-order valence-corrected chi connectivity index (χ0v) is 19.9. The Bertz CT molecular complexity index is 1190. The SMILES string of the molecule is CC#N.N=C(c1cnc(N2CCCC2)nc1)c1cc(OCc2c(Cl)cncc2Cl)c(F)cc1N. The van der Waals surface area contributed by atoms with Crippen LogP contribution in [0.25, 0.3) is 0 Å². The molecular weight excluding hydrogens is 480 g/mol. The second-order valence-electron chi connectivity index (χ2n) is 7.30. The van der Waals surface area contributed by atoms with Crippen molar-refractivity contribution >= 4 is 40.5 Å². The molecule has 0 unspecified atom stereocenters. The number of nitrogens with two attached hydrogens (primary N) is 1. The van der Waals surface area contributed by atoms with E-state index in [2.05, 4.69) is 19.9 Å². The molecule has 4 rings (SSSR count). The normalized spacial score (nSPS) is 12.5. The zero-order valence-electron chi connectivity index (χ0n) is 18.4. The van der Waals surface area contributed by atoms with E-state index in [9.17, 15) is 4.39 Å². The predicted octanol–water partition coefficient (Wildman–Crippen LogP) is 5.02. The Kier molecular flexibility index (Phi) is 8.57. The number of nitrogens with zero attached hydrogens (tertiary/aromatic N) is 5. The fourth-order valence-electron chi connectivity index (χ4n) is 3.31. The van der Waals surface area contributed by atoms with Gasteiger partial charge in [0, 0.05) is 73.2 Å². The maximum Gasteiger partial charge on any atom is 0.225 e. The van der Waals surface area contributed by atoms with E-state index >= 15 is 0 Å². The second-order valence-corrected chi connectivity index (χ2v) is 8.12. The van der Waals surface area contributed by atoms with Gasteiger partial charge >= 0.3 is 0 Å². The Labute approximate surface area is 206 Å². The lowest BCUT2D eigenvalue weighted by Crippen LogP contribution is -2.20. The van der Waals surface area contributed by atoms with Crippen LogP contribution in [0.5, 0.6) is 5.75 Å². The molecule has 1 aromatic carbocycles. The molecule has 176 valence electrons. The van der Waals surface area contributed by atoms with Gasteiger partial charge < -0.3 is 15.4 Å². The summed E-state index contributed by atoms with van der Waals surface area (Å²) in [4.78, 5) is 14.7. The van der Waals surface area contributed by atoms with Crippen molar-refractivity contribution in [2.45, 2.75) is 26.4 Å². The number of pyridine rings is 1. The van der Waals surface area contributed by atoms with Crippen molar-refractivity contribution in [3.8, 4) is 11.8 Å². The Morgan fingerprint density at radius 2 is 1.76 bits per heavy atom. The number of hydrogen-bond acceptors (Lipinski definition) is 8. The molecular formula is C23H22Cl2FN7O. The molecule has 1 aliphatic heterocycles. The van der Waals surface area contributed by atoms with Gasteiger partial charge in [-0.2, -0.15) is 5.26 Å². The lowest BCUT2D eigenvalue weighted by molar-refractivity contribution is 0.290. The van der Waals surface area contributed by atoms with Gasteiger partial charge in [-0.05, 0) is 18.9 Å². The number of nitrogen functional groups attached to an aromatic ring is 1. The monoisotopic (exact) mass is 501 g/mol. The van der Waals surface area contributed by atoms with E-state index < -0.39 is 5.82 Å². The number of ether oxygens (including phenoxy) is 1. The molecule has 2 aromatic heterocycles. The highest BCUT2D eigenvalue weighted by atomic mass is 35.5. The van der Waals surface area contributed by atoms with Gasteiger partial charge in [0.25, 0.3) is 0 Å². The summed E-state index contributed by atoms with van der Waals surface area (Å²) in [6.45, 7) is 3.21. The van der Waals surface area contributed by atoms with Gasteiger partial charge in [0.2, 0.25) is 5.95 Å². The van der Waals surface area contributed by atoms with E-state index in [-0.39, 0.29) is 23.8 Å². The Balaban J connectivity index is 0.00000103. The molecule has 1 fully saturated rings. The third kappa shape index (κ3) is 5.90. The summed E-state index contributed by atoms with van der Waals surface area (Å²) in [5.41, 5.74) is 7.41. The first-order valence-corrected chi connectivity index (χ1v) is 11.1. The lowest BCUT2D eigenvalue weighted by atomic mass is 10.0. The number of nitrogens with one attached hydrogen (secondary N) is 1. The first kappa shape index (κ1) is 25.1. The van der Waals surface area contributed by atoms with E-state index in [0.29, 0.717) is 32.7 Å². The topological polar surface area (TPSA) is 125 Å². The molecule has 0 saturated carbocycles.